The number of aromatic nitrogens is 1. The first-order valence-corrected chi connectivity index (χ1v) is 13.1. The highest BCUT2D eigenvalue weighted by Crippen LogP contribution is 2.29. The van der Waals surface area contributed by atoms with Crippen molar-refractivity contribution in [1.82, 2.24) is 25.2 Å². The van der Waals surface area contributed by atoms with Crippen LogP contribution in [0, 0.1) is 11.8 Å². The number of fused-ring (bicyclic) bond motifs is 1. The average Bonchev–Trinajstić information content (AvgIpc) is 3.40. The fourth-order valence-corrected chi connectivity index (χ4v) is 5.43. The molecule has 35 heavy (non-hydrogen) atoms. The van der Waals surface area contributed by atoms with E-state index >= 15 is 0 Å². The van der Waals surface area contributed by atoms with Crippen molar-refractivity contribution >= 4 is 28.0 Å². The van der Waals surface area contributed by atoms with E-state index in [1.807, 2.05) is 0 Å². The second kappa shape index (κ2) is 10.4. The Morgan fingerprint density at radius 3 is 2.57 bits per heavy atom. The summed E-state index contributed by atoms with van der Waals surface area (Å²) in [6, 6.07) is 8.14. The summed E-state index contributed by atoms with van der Waals surface area (Å²) < 4.78 is 27.1. The quantitative estimate of drug-likeness (QED) is 0.535. The molecular weight excluding hydrogens is 470 g/mol. The molecule has 4 rings (SSSR count). The molecule has 3 N–H and O–H groups in total. The molecule has 0 bridgehead atoms. The summed E-state index contributed by atoms with van der Waals surface area (Å²) in [5.74, 6) is 0.640. The van der Waals surface area contributed by atoms with Crippen molar-refractivity contribution in [2.45, 2.75) is 44.0 Å². The Bertz CT molecular complexity index is 1220. The predicted molar refractivity (Wildman–Crippen MR) is 128 cm³/mol. The molecule has 2 aromatic rings. The van der Waals surface area contributed by atoms with Gasteiger partial charge in [-0.05, 0) is 60.9 Å². The van der Waals surface area contributed by atoms with Crippen molar-refractivity contribution in [2.75, 3.05) is 13.1 Å². The summed E-state index contributed by atoms with van der Waals surface area (Å²) in [6.07, 6.45) is 5.22. The summed E-state index contributed by atoms with van der Waals surface area (Å²) in [4.78, 5) is 42.0. The van der Waals surface area contributed by atoms with E-state index in [9.17, 15) is 22.8 Å². The number of rotatable bonds is 7. The molecule has 2 heterocycles. The van der Waals surface area contributed by atoms with Gasteiger partial charge < -0.3 is 10.6 Å². The van der Waals surface area contributed by atoms with Gasteiger partial charge in [-0.15, -0.1) is 0 Å². The second-order valence-corrected chi connectivity index (χ2v) is 10.8. The fourth-order valence-electron chi connectivity index (χ4n) is 4.50. The molecule has 10 nitrogen and oxygen atoms in total. The number of hydrogen-bond acceptors (Lipinski definition) is 6. The molecule has 1 saturated carbocycles. The molecule has 0 saturated heterocycles. The third-order valence-electron chi connectivity index (χ3n) is 6.42. The first-order chi connectivity index (χ1) is 16.7. The number of benzene rings is 1. The molecule has 1 aliphatic carbocycles. The van der Waals surface area contributed by atoms with Crippen molar-refractivity contribution < 1.29 is 22.8 Å². The molecule has 1 aromatic heterocycles. The minimum atomic E-state index is -3.99. The van der Waals surface area contributed by atoms with E-state index in [1.54, 1.807) is 30.5 Å². The largest absolute Gasteiger partial charge is 0.337 e. The van der Waals surface area contributed by atoms with E-state index in [-0.39, 0.29) is 23.9 Å². The van der Waals surface area contributed by atoms with Gasteiger partial charge in [-0.3, -0.25) is 14.7 Å². The Hall–Kier alpha value is -3.47. The van der Waals surface area contributed by atoms with E-state index in [0.717, 1.165) is 29.7 Å². The number of pyridine rings is 1. The zero-order valence-electron chi connectivity index (χ0n) is 19.5. The van der Waals surface area contributed by atoms with Gasteiger partial charge >= 0.3 is 12.1 Å². The first-order valence-electron chi connectivity index (χ1n) is 11.7. The predicted octanol–water partition coefficient (Wildman–Crippen LogP) is 2.41. The molecule has 1 fully saturated rings. The number of imide groups is 1. The fraction of sp³-hybridized carbons (Fsp3) is 0.417. The number of sulfonamides is 1. The highest BCUT2D eigenvalue weighted by Gasteiger charge is 2.32. The van der Waals surface area contributed by atoms with Crippen LogP contribution in [0.1, 0.15) is 47.8 Å². The third-order valence-corrected chi connectivity index (χ3v) is 7.77. The number of urea groups is 2. The molecule has 0 spiro atoms. The van der Waals surface area contributed by atoms with Gasteiger partial charge in [-0.25, -0.2) is 22.7 Å². The van der Waals surface area contributed by atoms with Crippen molar-refractivity contribution in [3.05, 3.63) is 59.4 Å². The van der Waals surface area contributed by atoms with Gasteiger partial charge in [0.1, 0.15) is 0 Å². The van der Waals surface area contributed by atoms with Gasteiger partial charge in [-0.2, -0.15) is 0 Å². The summed E-state index contributed by atoms with van der Waals surface area (Å²) in [6.45, 7) is 3.03. The van der Waals surface area contributed by atoms with Crippen LogP contribution in [0.2, 0.25) is 0 Å². The van der Waals surface area contributed by atoms with E-state index in [4.69, 9.17) is 0 Å². The second-order valence-electron chi connectivity index (χ2n) is 9.11. The van der Waals surface area contributed by atoms with E-state index in [0.29, 0.717) is 36.1 Å². The molecule has 186 valence electrons. The van der Waals surface area contributed by atoms with Crippen LogP contribution < -0.4 is 15.4 Å². The molecule has 11 heteroatoms. The van der Waals surface area contributed by atoms with Crippen molar-refractivity contribution in [3.63, 3.8) is 0 Å². The van der Waals surface area contributed by atoms with Gasteiger partial charge in [0.15, 0.2) is 0 Å². The molecule has 2 aliphatic rings. The number of nitrogens with zero attached hydrogens (tertiary/aromatic N) is 2. The van der Waals surface area contributed by atoms with Crippen molar-refractivity contribution in [1.29, 1.82) is 0 Å². The molecule has 5 amide bonds. The molecule has 1 aliphatic heterocycles. The molecule has 2 unspecified atom stereocenters. The number of nitrogens with one attached hydrogen (secondary N) is 3. The van der Waals surface area contributed by atoms with Crippen molar-refractivity contribution in [3.8, 4) is 0 Å². The normalized spacial score (nSPS) is 19.3. The van der Waals surface area contributed by atoms with Crippen LogP contribution >= 0.6 is 0 Å². The molecular formula is C24H29N5O5S. The number of hydrogen-bond donors (Lipinski definition) is 3. The molecule has 0 radical (unpaired) electrons. The lowest BCUT2D eigenvalue weighted by molar-refractivity contribution is 0.0820. The summed E-state index contributed by atoms with van der Waals surface area (Å²) >= 11 is 0. The van der Waals surface area contributed by atoms with E-state index in [1.165, 1.54) is 12.1 Å². The summed E-state index contributed by atoms with van der Waals surface area (Å²) in [5.41, 5.74) is 1.79. The lowest BCUT2D eigenvalue weighted by atomic mass is 10.1. The zero-order chi connectivity index (χ0) is 25.0. The van der Waals surface area contributed by atoms with Crippen LogP contribution in [-0.2, 0) is 23.0 Å². The number of carbonyl (C=O) groups excluding carboxylic acids is 3. The van der Waals surface area contributed by atoms with Gasteiger partial charge in [0.2, 0.25) is 0 Å². The lowest BCUT2D eigenvalue weighted by Gasteiger charge is -2.14. The summed E-state index contributed by atoms with van der Waals surface area (Å²) in [7, 11) is -3.99. The van der Waals surface area contributed by atoms with Crippen LogP contribution in [0.25, 0.3) is 0 Å². The van der Waals surface area contributed by atoms with Crippen LogP contribution in [0.5, 0.6) is 0 Å². The van der Waals surface area contributed by atoms with E-state index in [2.05, 4.69) is 27.3 Å². The van der Waals surface area contributed by atoms with Crippen molar-refractivity contribution in [2.24, 2.45) is 11.8 Å². The number of amides is 5. The maximum absolute atomic E-state index is 12.5. The highest BCUT2D eigenvalue weighted by molar-refractivity contribution is 7.90. The zero-order valence-corrected chi connectivity index (χ0v) is 20.3. The minimum absolute atomic E-state index is 0.0251. The van der Waals surface area contributed by atoms with Gasteiger partial charge in [0, 0.05) is 19.3 Å². The highest BCUT2D eigenvalue weighted by atomic mass is 32.2. The molecule has 1 aromatic carbocycles. The lowest BCUT2D eigenvalue weighted by Crippen LogP contribution is -2.41. The Morgan fingerprint density at radius 2 is 1.89 bits per heavy atom. The SMILES string of the molecule is CC1CCC(CNC(=O)NS(=O)(=O)c2ccc(CCNC(=O)N3Cc4ncccc4C3=O)cc2)C1. The number of carbonyl (C=O) groups is 3. The molecule has 2 atom stereocenters. The maximum atomic E-state index is 12.5. The summed E-state index contributed by atoms with van der Waals surface area (Å²) in [5, 5.41) is 5.36. The monoisotopic (exact) mass is 499 g/mol. The Morgan fingerprint density at radius 1 is 1.11 bits per heavy atom. The maximum Gasteiger partial charge on any atom is 0.328 e. The van der Waals surface area contributed by atoms with Gasteiger partial charge in [0.05, 0.1) is 22.7 Å². The first kappa shape index (κ1) is 24.6. The van der Waals surface area contributed by atoms with Crippen LogP contribution in [0.15, 0.2) is 47.5 Å². The minimum Gasteiger partial charge on any atom is -0.337 e. The standard InChI is InChI=1S/C24H29N5O5S/c1-16-4-5-18(13-16)14-27-23(31)28-35(33,34)19-8-6-17(7-9-19)10-12-26-24(32)29-15-21-20(22(29)30)3-2-11-25-21/h2-3,6-9,11,16,18H,4-5,10,12-15H2,1H3,(H,26,32)(H2,27,28,31). The third kappa shape index (κ3) is 5.97. The van der Waals surface area contributed by atoms with Gasteiger partial charge in [0.25, 0.3) is 15.9 Å². The Labute approximate surface area is 204 Å². The Kier molecular flexibility index (Phi) is 7.34. The topological polar surface area (TPSA) is 138 Å². The van der Waals surface area contributed by atoms with Crippen LogP contribution in [0.3, 0.4) is 0 Å². The van der Waals surface area contributed by atoms with Crippen LogP contribution in [0.4, 0.5) is 9.59 Å². The van der Waals surface area contributed by atoms with E-state index < -0.39 is 22.1 Å². The average molecular weight is 500 g/mol. The van der Waals surface area contributed by atoms with Gasteiger partial charge in [-0.1, -0.05) is 25.5 Å². The Balaban J connectivity index is 1.23. The van der Waals surface area contributed by atoms with Crippen LogP contribution in [-0.4, -0.2) is 49.4 Å². The smallest absolute Gasteiger partial charge is 0.328 e.